The smallest absolute Gasteiger partial charge is 0.242 e. The molecule has 0 unspecified atom stereocenters. The number of nitrogens with zero attached hydrogens (tertiary/aromatic N) is 1. The molecule has 29 heavy (non-hydrogen) atoms. The summed E-state index contributed by atoms with van der Waals surface area (Å²) in [5, 5.41) is 1.31. The van der Waals surface area contributed by atoms with Crippen LogP contribution in [-0.4, -0.2) is 11.3 Å². The van der Waals surface area contributed by atoms with Crippen LogP contribution in [0.2, 0.25) is 0 Å². The van der Waals surface area contributed by atoms with E-state index in [4.69, 9.17) is 0 Å². The molecular weight excluding hydrogens is 349 g/mol. The number of hydrogen-bond donors (Lipinski definition) is 0. The molecule has 0 saturated heterocycles. The van der Waals surface area contributed by atoms with Gasteiger partial charge in [0, 0.05) is 18.8 Å². The molecule has 1 nitrogen and oxygen atoms in total. The van der Waals surface area contributed by atoms with Crippen LogP contribution < -0.4 is 16.4 Å². The molecule has 0 atom stereocenters. The van der Waals surface area contributed by atoms with Crippen LogP contribution in [0.3, 0.4) is 0 Å². The van der Waals surface area contributed by atoms with Gasteiger partial charge >= 0.3 is 0 Å². The van der Waals surface area contributed by atoms with Crippen molar-refractivity contribution in [2.45, 2.75) is 41.5 Å². The maximum absolute atomic E-state index is 2.39. The molecule has 0 bridgehead atoms. The van der Waals surface area contributed by atoms with Crippen molar-refractivity contribution >= 4 is 34.0 Å². The minimum Gasteiger partial charge on any atom is -0.351 e. The highest BCUT2D eigenvalue weighted by atomic mass is 14.9. The zero-order chi connectivity index (χ0) is 20.9. The van der Waals surface area contributed by atoms with E-state index >= 15 is 0 Å². The Hall–Kier alpha value is -2.74. The van der Waals surface area contributed by atoms with E-state index in [9.17, 15) is 0 Å². The Labute approximate surface area is 175 Å². The maximum Gasteiger partial charge on any atom is 0.242 e. The van der Waals surface area contributed by atoms with Crippen LogP contribution in [0, 0.1) is 41.5 Å². The van der Waals surface area contributed by atoms with E-state index in [0.717, 1.165) is 0 Å². The molecule has 2 heteroatoms. The summed E-state index contributed by atoms with van der Waals surface area (Å²) in [6.45, 7) is 13.7. The summed E-state index contributed by atoms with van der Waals surface area (Å²) >= 11 is 0. The van der Waals surface area contributed by atoms with Crippen molar-refractivity contribution in [2.24, 2.45) is 7.05 Å². The second-order valence-electron chi connectivity index (χ2n) is 8.80. The normalized spacial score (nSPS) is 11.3. The third-order valence-corrected chi connectivity index (χ3v) is 6.30. The van der Waals surface area contributed by atoms with Crippen LogP contribution in [0.5, 0.6) is 0 Å². The monoisotopic (exact) mass is 379 g/mol. The van der Waals surface area contributed by atoms with Crippen LogP contribution in [0.1, 0.15) is 33.4 Å². The zero-order valence-corrected chi connectivity index (χ0v) is 18.7. The predicted molar refractivity (Wildman–Crippen MR) is 129 cm³/mol. The Balaban J connectivity index is 2.05. The second-order valence-corrected chi connectivity index (χ2v) is 8.80. The number of fused-ring (bicyclic) bond motifs is 1. The van der Waals surface area contributed by atoms with E-state index in [2.05, 4.69) is 108 Å². The molecule has 4 rings (SSSR count). The first kappa shape index (κ1) is 19.6. The Morgan fingerprint density at radius 3 is 1.59 bits per heavy atom. The lowest BCUT2D eigenvalue weighted by molar-refractivity contribution is 0.969. The fourth-order valence-corrected chi connectivity index (χ4v) is 5.25. The van der Waals surface area contributed by atoms with Gasteiger partial charge in [-0.1, -0.05) is 86.2 Å². The van der Waals surface area contributed by atoms with E-state index in [1.54, 1.807) is 0 Å². The molecule has 1 heterocycles. The molecule has 0 aliphatic rings. The first-order valence-electron chi connectivity index (χ1n) is 10.5. The molecule has 0 spiro atoms. The van der Waals surface area contributed by atoms with Gasteiger partial charge in [-0.05, 0) is 59.1 Å². The molecule has 0 radical (unpaired) electrons. The second kappa shape index (κ2) is 7.26. The number of benzene rings is 3. The Morgan fingerprint density at radius 2 is 1.10 bits per heavy atom. The Bertz CT molecular complexity index is 1130. The van der Waals surface area contributed by atoms with Crippen molar-refractivity contribution in [1.82, 2.24) is 4.57 Å². The van der Waals surface area contributed by atoms with E-state index in [1.807, 2.05) is 0 Å². The van der Waals surface area contributed by atoms with Crippen LogP contribution in [-0.2, 0) is 7.05 Å². The van der Waals surface area contributed by atoms with Crippen LogP contribution in [0.4, 0.5) is 0 Å². The fourth-order valence-electron chi connectivity index (χ4n) is 5.25. The third-order valence-electron chi connectivity index (χ3n) is 6.30. The minimum atomic E-state index is 0.237. The molecule has 0 fully saturated rings. The minimum absolute atomic E-state index is 0.237. The summed E-state index contributed by atoms with van der Waals surface area (Å²) in [5.41, 5.74) is 13.7. The van der Waals surface area contributed by atoms with Crippen molar-refractivity contribution in [3.63, 3.8) is 0 Å². The van der Waals surface area contributed by atoms with Gasteiger partial charge in [-0.2, -0.15) is 0 Å². The molecule has 3 aromatic carbocycles. The molecule has 146 valence electrons. The topological polar surface area (TPSA) is 4.93 Å². The molecular formula is C27H30BN. The van der Waals surface area contributed by atoms with E-state index < -0.39 is 0 Å². The van der Waals surface area contributed by atoms with Crippen molar-refractivity contribution in [3.8, 4) is 0 Å². The van der Waals surface area contributed by atoms with Gasteiger partial charge in [0.15, 0.2) is 0 Å². The average molecular weight is 379 g/mol. The lowest BCUT2D eigenvalue weighted by Gasteiger charge is -2.24. The third kappa shape index (κ3) is 3.42. The van der Waals surface area contributed by atoms with Crippen LogP contribution >= 0.6 is 0 Å². The highest BCUT2D eigenvalue weighted by Gasteiger charge is 2.28. The summed E-state index contributed by atoms with van der Waals surface area (Å²) in [6.07, 6.45) is 2.15. The van der Waals surface area contributed by atoms with Gasteiger partial charge in [0.1, 0.15) is 0 Å². The Morgan fingerprint density at radius 1 is 0.621 bits per heavy atom. The fraction of sp³-hybridized carbons (Fsp3) is 0.259. The average Bonchev–Trinajstić information content (AvgIpc) is 2.99. The molecule has 1 aromatic heterocycles. The van der Waals surface area contributed by atoms with Crippen molar-refractivity contribution in [1.29, 1.82) is 0 Å². The number of rotatable bonds is 3. The summed E-state index contributed by atoms with van der Waals surface area (Å²) in [6, 6.07) is 18.5. The molecule has 0 saturated carbocycles. The van der Waals surface area contributed by atoms with Crippen LogP contribution in [0.25, 0.3) is 10.9 Å². The zero-order valence-electron chi connectivity index (χ0n) is 18.7. The van der Waals surface area contributed by atoms with Gasteiger partial charge in [-0.15, -0.1) is 0 Å². The predicted octanol–water partition coefficient (Wildman–Crippen LogP) is 4.55. The molecule has 0 amide bonds. The van der Waals surface area contributed by atoms with E-state index in [1.165, 1.54) is 60.7 Å². The largest absolute Gasteiger partial charge is 0.351 e. The van der Waals surface area contributed by atoms with Gasteiger partial charge in [-0.25, -0.2) is 0 Å². The van der Waals surface area contributed by atoms with Gasteiger partial charge in [0.05, 0.1) is 0 Å². The number of hydrogen-bond acceptors (Lipinski definition) is 0. The Kier molecular flexibility index (Phi) is 4.90. The van der Waals surface area contributed by atoms with Crippen molar-refractivity contribution in [2.75, 3.05) is 0 Å². The summed E-state index contributed by atoms with van der Waals surface area (Å²) in [5.74, 6) is 0. The molecule has 0 aliphatic heterocycles. The van der Waals surface area contributed by atoms with Gasteiger partial charge in [0.25, 0.3) is 0 Å². The standard InChI is InChI=1S/C27H30BN/c1-17-12-19(3)26(20(4)13-17)28(27-21(5)14-18(2)15-22(27)6)24-8-9-25-23(16-24)10-11-29(25)7/h8-16H,1-7H3. The SMILES string of the molecule is Cc1cc(C)c(B(c2ccc3c(ccn3C)c2)c2c(C)cc(C)cc2C)c(C)c1. The maximum atomic E-state index is 2.39. The van der Waals surface area contributed by atoms with E-state index in [-0.39, 0.29) is 6.71 Å². The molecule has 0 N–H and O–H groups in total. The van der Waals surface area contributed by atoms with E-state index in [0.29, 0.717) is 0 Å². The van der Waals surface area contributed by atoms with Crippen molar-refractivity contribution < 1.29 is 0 Å². The first-order valence-corrected chi connectivity index (χ1v) is 10.5. The summed E-state index contributed by atoms with van der Waals surface area (Å²) < 4.78 is 2.19. The summed E-state index contributed by atoms with van der Waals surface area (Å²) in [7, 11) is 2.11. The summed E-state index contributed by atoms with van der Waals surface area (Å²) in [4.78, 5) is 0. The highest BCUT2D eigenvalue weighted by molar-refractivity contribution is 6.96. The van der Waals surface area contributed by atoms with Gasteiger partial charge in [-0.3, -0.25) is 0 Å². The van der Waals surface area contributed by atoms with Crippen molar-refractivity contribution in [3.05, 3.63) is 88.1 Å². The van der Waals surface area contributed by atoms with Gasteiger partial charge < -0.3 is 4.57 Å². The molecule has 4 aromatic rings. The lowest BCUT2D eigenvalue weighted by atomic mass is 9.34. The quantitative estimate of drug-likeness (QED) is 0.461. The lowest BCUT2D eigenvalue weighted by Crippen LogP contribution is -2.55. The van der Waals surface area contributed by atoms with Gasteiger partial charge in [0.2, 0.25) is 6.71 Å². The number of aromatic nitrogens is 1. The molecule has 0 aliphatic carbocycles. The number of aryl methyl sites for hydroxylation is 7. The highest BCUT2D eigenvalue weighted by Crippen LogP contribution is 2.16. The first-order chi connectivity index (χ1) is 13.8. The van der Waals surface area contributed by atoms with Crippen LogP contribution in [0.15, 0.2) is 54.7 Å².